The highest BCUT2D eigenvalue weighted by atomic mass is 16.5. The molecule has 1 heterocycles. The molecular weight excluding hydrogens is 354 g/mol. The molecule has 1 aromatic heterocycles. The van der Waals surface area contributed by atoms with Gasteiger partial charge in [0.2, 0.25) is 11.9 Å². The largest absolute Gasteiger partial charge is 0.465 e. The summed E-state index contributed by atoms with van der Waals surface area (Å²) < 4.78 is 4.71. The van der Waals surface area contributed by atoms with Gasteiger partial charge in [0, 0.05) is 11.4 Å². The number of aromatic nitrogens is 3. The highest BCUT2D eigenvalue weighted by Crippen LogP contribution is 2.25. The van der Waals surface area contributed by atoms with Crippen LogP contribution in [0.15, 0.2) is 36.4 Å². The maximum absolute atomic E-state index is 11.5. The molecule has 0 bridgehead atoms. The van der Waals surface area contributed by atoms with Gasteiger partial charge in [-0.1, -0.05) is 17.7 Å². The van der Waals surface area contributed by atoms with Crippen LogP contribution in [0.2, 0.25) is 0 Å². The van der Waals surface area contributed by atoms with Crippen molar-refractivity contribution in [3.8, 4) is 0 Å². The average molecular weight is 377 g/mol. The minimum atomic E-state index is -0.377. The van der Waals surface area contributed by atoms with Crippen molar-refractivity contribution in [2.75, 3.05) is 17.7 Å². The molecule has 0 atom stereocenters. The molecule has 3 rings (SSSR count). The Kier molecular flexibility index (Phi) is 5.54. The van der Waals surface area contributed by atoms with E-state index >= 15 is 0 Å². The van der Waals surface area contributed by atoms with E-state index in [2.05, 4.69) is 58.5 Å². The molecule has 0 aliphatic carbocycles. The Morgan fingerprint density at radius 3 is 2.00 bits per heavy atom. The molecule has 0 fully saturated rings. The minimum absolute atomic E-state index is 0.377. The van der Waals surface area contributed by atoms with E-state index in [9.17, 15) is 4.79 Å². The first-order valence-corrected chi connectivity index (χ1v) is 8.88. The van der Waals surface area contributed by atoms with Crippen LogP contribution < -0.4 is 10.6 Å². The minimum Gasteiger partial charge on any atom is -0.465 e. The topological polar surface area (TPSA) is 89.0 Å². The molecule has 0 amide bonds. The van der Waals surface area contributed by atoms with Gasteiger partial charge in [-0.2, -0.15) is 15.0 Å². The van der Waals surface area contributed by atoms with E-state index in [0.717, 1.165) is 22.5 Å². The molecule has 3 aromatic rings. The van der Waals surface area contributed by atoms with Crippen LogP contribution in [0, 0.1) is 27.7 Å². The lowest BCUT2D eigenvalue weighted by atomic mass is 10.1. The molecule has 2 N–H and O–H groups in total. The summed E-state index contributed by atoms with van der Waals surface area (Å²) >= 11 is 0. The predicted octanol–water partition coefficient (Wildman–Crippen LogP) is 4.38. The number of anilines is 4. The first-order chi connectivity index (χ1) is 13.4. The molecule has 0 saturated heterocycles. The summed E-state index contributed by atoms with van der Waals surface area (Å²) in [4.78, 5) is 24.7. The Hall–Kier alpha value is -3.48. The second kappa shape index (κ2) is 8.04. The van der Waals surface area contributed by atoms with E-state index in [0.29, 0.717) is 23.3 Å². The number of aryl methyl sites for hydroxylation is 4. The number of nitrogens with zero attached hydrogens (tertiary/aromatic N) is 3. The maximum atomic E-state index is 11.5. The standard InChI is InChI=1S/C21H23N5O2/c1-12-10-13(2)18(14(3)11-12)25-21-23-15(4)22-20(26-21)24-17-8-6-16(7-9-17)19(27)28-5/h6-11H,1-5H3,(H2,22,23,24,25,26). The molecular formula is C21H23N5O2. The SMILES string of the molecule is COC(=O)c1ccc(Nc2nc(C)nc(Nc3c(C)cc(C)cc3C)n2)cc1. The number of carbonyl (C=O) groups excluding carboxylic acids is 1. The third-order valence-corrected chi connectivity index (χ3v) is 4.22. The molecule has 7 heteroatoms. The summed E-state index contributed by atoms with van der Waals surface area (Å²) in [5.41, 5.74) is 5.70. The highest BCUT2D eigenvalue weighted by molar-refractivity contribution is 5.89. The summed E-state index contributed by atoms with van der Waals surface area (Å²) in [7, 11) is 1.36. The third-order valence-electron chi connectivity index (χ3n) is 4.22. The summed E-state index contributed by atoms with van der Waals surface area (Å²) in [5.74, 6) is 1.10. The van der Waals surface area contributed by atoms with E-state index in [1.54, 1.807) is 24.3 Å². The lowest BCUT2D eigenvalue weighted by Gasteiger charge is -2.14. The molecule has 28 heavy (non-hydrogen) atoms. The van der Waals surface area contributed by atoms with Crippen molar-refractivity contribution in [1.82, 2.24) is 15.0 Å². The van der Waals surface area contributed by atoms with Crippen LogP contribution in [0.4, 0.5) is 23.3 Å². The molecule has 0 aliphatic rings. The van der Waals surface area contributed by atoms with Gasteiger partial charge < -0.3 is 15.4 Å². The average Bonchev–Trinajstić information content (AvgIpc) is 2.64. The number of hydrogen-bond donors (Lipinski definition) is 2. The maximum Gasteiger partial charge on any atom is 0.337 e. The van der Waals surface area contributed by atoms with Crippen molar-refractivity contribution in [2.45, 2.75) is 27.7 Å². The first-order valence-electron chi connectivity index (χ1n) is 8.88. The molecule has 0 saturated carbocycles. The Morgan fingerprint density at radius 1 is 0.857 bits per heavy atom. The summed E-state index contributed by atoms with van der Waals surface area (Å²) in [5, 5.41) is 6.44. The normalized spacial score (nSPS) is 10.5. The fraction of sp³-hybridized carbons (Fsp3) is 0.238. The molecule has 0 aliphatic heterocycles. The van der Waals surface area contributed by atoms with Crippen molar-refractivity contribution in [2.24, 2.45) is 0 Å². The number of carbonyl (C=O) groups is 1. The Morgan fingerprint density at radius 2 is 1.43 bits per heavy atom. The smallest absolute Gasteiger partial charge is 0.337 e. The van der Waals surface area contributed by atoms with Gasteiger partial charge in [-0.3, -0.25) is 0 Å². The highest BCUT2D eigenvalue weighted by Gasteiger charge is 2.10. The zero-order valence-electron chi connectivity index (χ0n) is 16.6. The second-order valence-electron chi connectivity index (χ2n) is 6.62. The number of benzene rings is 2. The fourth-order valence-corrected chi connectivity index (χ4v) is 3.02. The second-order valence-corrected chi connectivity index (χ2v) is 6.62. The van der Waals surface area contributed by atoms with E-state index < -0.39 is 0 Å². The molecule has 0 radical (unpaired) electrons. The number of nitrogens with one attached hydrogen (secondary N) is 2. The van der Waals surface area contributed by atoms with Gasteiger partial charge in [-0.25, -0.2) is 4.79 Å². The van der Waals surface area contributed by atoms with E-state index in [1.165, 1.54) is 12.7 Å². The molecule has 2 aromatic carbocycles. The van der Waals surface area contributed by atoms with Crippen molar-refractivity contribution < 1.29 is 9.53 Å². The number of ether oxygens (including phenoxy) is 1. The molecule has 144 valence electrons. The van der Waals surface area contributed by atoms with Gasteiger partial charge in [0.05, 0.1) is 12.7 Å². The number of rotatable bonds is 5. The predicted molar refractivity (Wildman–Crippen MR) is 110 cm³/mol. The van der Waals surface area contributed by atoms with Gasteiger partial charge in [0.15, 0.2) is 0 Å². The number of methoxy groups -OCH3 is 1. The zero-order valence-corrected chi connectivity index (χ0v) is 16.6. The Labute approximate surface area is 164 Å². The van der Waals surface area contributed by atoms with Crippen molar-refractivity contribution >= 4 is 29.2 Å². The van der Waals surface area contributed by atoms with Crippen molar-refractivity contribution in [1.29, 1.82) is 0 Å². The number of hydrogen-bond acceptors (Lipinski definition) is 7. The quantitative estimate of drug-likeness (QED) is 0.638. The first kappa shape index (κ1) is 19.3. The van der Waals surface area contributed by atoms with E-state index in [-0.39, 0.29) is 5.97 Å². The van der Waals surface area contributed by atoms with Crippen LogP contribution in [0.25, 0.3) is 0 Å². The lowest BCUT2D eigenvalue weighted by molar-refractivity contribution is 0.0601. The van der Waals surface area contributed by atoms with Gasteiger partial charge in [-0.15, -0.1) is 0 Å². The summed E-state index contributed by atoms with van der Waals surface area (Å²) in [6, 6.07) is 11.1. The monoisotopic (exact) mass is 377 g/mol. The van der Waals surface area contributed by atoms with Gasteiger partial charge >= 0.3 is 5.97 Å². The molecule has 0 unspecified atom stereocenters. The van der Waals surface area contributed by atoms with Crippen LogP contribution in [0.3, 0.4) is 0 Å². The molecule has 7 nitrogen and oxygen atoms in total. The van der Waals surface area contributed by atoms with E-state index in [1.807, 2.05) is 6.92 Å². The van der Waals surface area contributed by atoms with E-state index in [4.69, 9.17) is 4.74 Å². The van der Waals surface area contributed by atoms with Gasteiger partial charge in [0.1, 0.15) is 5.82 Å². The van der Waals surface area contributed by atoms with Crippen LogP contribution >= 0.6 is 0 Å². The summed E-state index contributed by atoms with van der Waals surface area (Å²) in [6.45, 7) is 7.99. The van der Waals surface area contributed by atoms with Crippen LogP contribution in [-0.4, -0.2) is 28.0 Å². The van der Waals surface area contributed by atoms with Crippen LogP contribution in [0.5, 0.6) is 0 Å². The van der Waals surface area contributed by atoms with Crippen LogP contribution in [-0.2, 0) is 4.74 Å². The van der Waals surface area contributed by atoms with Gasteiger partial charge in [-0.05, 0) is 63.1 Å². The molecule has 0 spiro atoms. The summed E-state index contributed by atoms with van der Waals surface area (Å²) in [6.07, 6.45) is 0. The number of esters is 1. The van der Waals surface area contributed by atoms with Crippen LogP contribution in [0.1, 0.15) is 32.9 Å². The van der Waals surface area contributed by atoms with Crippen molar-refractivity contribution in [3.63, 3.8) is 0 Å². The fourth-order valence-electron chi connectivity index (χ4n) is 3.02. The Bertz CT molecular complexity index is 993. The van der Waals surface area contributed by atoms with Crippen molar-refractivity contribution in [3.05, 3.63) is 64.5 Å². The lowest BCUT2D eigenvalue weighted by Crippen LogP contribution is -2.07. The van der Waals surface area contributed by atoms with Gasteiger partial charge in [0.25, 0.3) is 0 Å². The third kappa shape index (κ3) is 4.43. The Balaban J connectivity index is 1.83. The zero-order chi connectivity index (χ0) is 20.3.